The van der Waals surface area contributed by atoms with Crippen molar-refractivity contribution in [1.82, 2.24) is 0 Å². The maximum atomic E-state index is 12.1. The number of rotatable bonds is 34. The Bertz CT molecular complexity index is 889. The van der Waals surface area contributed by atoms with Gasteiger partial charge >= 0.3 is 11.9 Å². The average Bonchev–Trinajstić information content (AvgIpc) is 3.39. The minimum absolute atomic E-state index is 0.00786. The van der Waals surface area contributed by atoms with Gasteiger partial charge in [0.25, 0.3) is 0 Å². The Balaban J connectivity index is 2.01. The molecule has 0 heterocycles. The van der Waals surface area contributed by atoms with E-state index in [1.807, 2.05) is 6.08 Å². The number of carbonyl (C=O) groups is 2. The lowest BCUT2D eigenvalue weighted by atomic mass is 9.89. The van der Waals surface area contributed by atoms with Crippen LogP contribution in [0.2, 0.25) is 0 Å². The first-order valence-electron chi connectivity index (χ1n) is 21.1. The smallest absolute Gasteiger partial charge is 0.309 e. The first-order valence-corrected chi connectivity index (χ1v) is 21.1. The SMILES string of the molecule is CCCCCCCCCCCCCCCCCCCCCC(=O)OC[C@H](O)COC(=O)C/C=C\C[C@H]1[C@@H](/C=C/[C@H](O)CCCCC)[C@H](O)C[C@@H]1O. The molecule has 0 aromatic rings. The van der Waals surface area contributed by atoms with Crippen molar-refractivity contribution in [2.75, 3.05) is 13.2 Å². The molecule has 298 valence electrons. The second kappa shape index (κ2) is 32.9. The third-order valence-corrected chi connectivity index (χ3v) is 10.3. The molecular weight excluding hydrogens is 644 g/mol. The fraction of sp³-hybridized carbons (Fsp3) is 0.860. The van der Waals surface area contributed by atoms with Crippen molar-refractivity contribution >= 4 is 11.9 Å². The quantitative estimate of drug-likeness (QED) is 0.0293. The number of hydrogen-bond donors (Lipinski definition) is 4. The lowest BCUT2D eigenvalue weighted by Crippen LogP contribution is -2.25. The molecule has 51 heavy (non-hydrogen) atoms. The summed E-state index contributed by atoms with van der Waals surface area (Å²) in [4.78, 5) is 24.2. The zero-order valence-electron chi connectivity index (χ0n) is 32.7. The molecule has 6 atom stereocenters. The number of aliphatic hydroxyl groups is 4. The highest BCUT2D eigenvalue weighted by Gasteiger charge is 2.39. The van der Waals surface area contributed by atoms with E-state index in [9.17, 15) is 30.0 Å². The van der Waals surface area contributed by atoms with Crippen molar-refractivity contribution in [3.63, 3.8) is 0 Å². The van der Waals surface area contributed by atoms with Gasteiger partial charge in [0, 0.05) is 18.8 Å². The summed E-state index contributed by atoms with van der Waals surface area (Å²) in [6, 6.07) is 0. The molecule has 0 amide bonds. The summed E-state index contributed by atoms with van der Waals surface area (Å²) in [5.41, 5.74) is 0. The van der Waals surface area contributed by atoms with Crippen molar-refractivity contribution in [1.29, 1.82) is 0 Å². The number of hydrogen-bond acceptors (Lipinski definition) is 8. The summed E-state index contributed by atoms with van der Waals surface area (Å²) in [5.74, 6) is -1.32. The largest absolute Gasteiger partial charge is 0.463 e. The maximum absolute atomic E-state index is 12.1. The van der Waals surface area contributed by atoms with Gasteiger partial charge in [0.05, 0.1) is 24.7 Å². The van der Waals surface area contributed by atoms with Crippen LogP contribution in [-0.2, 0) is 19.1 Å². The summed E-state index contributed by atoms with van der Waals surface area (Å²) < 4.78 is 10.3. The predicted molar refractivity (Wildman–Crippen MR) is 207 cm³/mol. The van der Waals surface area contributed by atoms with Gasteiger partial charge in [-0.15, -0.1) is 0 Å². The second-order valence-corrected chi connectivity index (χ2v) is 15.1. The molecule has 0 radical (unpaired) electrons. The van der Waals surface area contributed by atoms with Crippen molar-refractivity contribution in [2.45, 2.75) is 212 Å². The molecule has 1 aliphatic rings. The standard InChI is InChI=1S/C43H78O8/c1-3-5-7-8-9-10-11-12-13-14-15-16-17-18-19-20-21-22-24-29-42(48)50-34-37(45)35-51-43(49)30-26-25-28-38-39(41(47)33-40(38)46)32-31-36(44)27-23-6-4-2/h25-26,31-32,36-41,44-47H,3-24,27-30,33-35H2,1-2H3/b26-25-,32-31+/t36-,37+,38+,39-,40+,41-/m1/s1. The van der Waals surface area contributed by atoms with Crippen LogP contribution in [0.5, 0.6) is 0 Å². The van der Waals surface area contributed by atoms with Gasteiger partial charge in [0.1, 0.15) is 19.3 Å². The first kappa shape index (κ1) is 47.3. The molecule has 8 heteroatoms. The number of carbonyl (C=O) groups excluding carboxylic acids is 2. The minimum Gasteiger partial charge on any atom is -0.463 e. The molecule has 0 saturated heterocycles. The highest BCUT2D eigenvalue weighted by Crippen LogP contribution is 2.36. The third-order valence-electron chi connectivity index (χ3n) is 10.3. The van der Waals surface area contributed by atoms with Gasteiger partial charge in [-0.05, 0) is 25.2 Å². The number of unbranched alkanes of at least 4 members (excludes halogenated alkanes) is 20. The normalized spacial score (nSPS) is 20.4. The average molecular weight is 723 g/mol. The van der Waals surface area contributed by atoms with Gasteiger partial charge in [-0.1, -0.05) is 173 Å². The van der Waals surface area contributed by atoms with Gasteiger partial charge < -0.3 is 29.9 Å². The van der Waals surface area contributed by atoms with E-state index in [0.29, 0.717) is 19.3 Å². The van der Waals surface area contributed by atoms with Gasteiger partial charge in [-0.25, -0.2) is 0 Å². The summed E-state index contributed by atoms with van der Waals surface area (Å²) >= 11 is 0. The summed E-state index contributed by atoms with van der Waals surface area (Å²) in [6.07, 6.45) is 33.7. The van der Waals surface area contributed by atoms with Crippen molar-refractivity contribution in [3.8, 4) is 0 Å². The van der Waals surface area contributed by atoms with E-state index < -0.39 is 30.4 Å². The third kappa shape index (κ3) is 26.6. The Hall–Kier alpha value is -1.74. The van der Waals surface area contributed by atoms with Crippen LogP contribution >= 0.6 is 0 Å². The monoisotopic (exact) mass is 723 g/mol. The molecule has 4 N–H and O–H groups in total. The zero-order chi connectivity index (χ0) is 37.4. The van der Waals surface area contributed by atoms with E-state index in [-0.39, 0.29) is 43.9 Å². The molecule has 8 nitrogen and oxygen atoms in total. The number of esters is 2. The molecule has 1 aliphatic carbocycles. The molecule has 0 aromatic heterocycles. The van der Waals surface area contributed by atoms with Crippen molar-refractivity contribution in [3.05, 3.63) is 24.3 Å². The van der Waals surface area contributed by atoms with Crippen LogP contribution in [0.4, 0.5) is 0 Å². The lowest BCUT2D eigenvalue weighted by molar-refractivity contribution is -0.151. The Morgan fingerprint density at radius 2 is 1.10 bits per heavy atom. The van der Waals surface area contributed by atoms with E-state index in [2.05, 4.69) is 13.8 Å². The molecule has 1 saturated carbocycles. The Labute approximate surface area is 311 Å². The minimum atomic E-state index is -1.08. The van der Waals surface area contributed by atoms with Crippen LogP contribution in [0.1, 0.15) is 187 Å². The predicted octanol–water partition coefficient (Wildman–Crippen LogP) is 9.45. The molecule has 1 rings (SSSR count). The van der Waals surface area contributed by atoms with E-state index >= 15 is 0 Å². The highest BCUT2D eigenvalue weighted by molar-refractivity contribution is 5.71. The zero-order valence-corrected chi connectivity index (χ0v) is 32.7. The van der Waals surface area contributed by atoms with E-state index in [1.165, 1.54) is 103 Å². The highest BCUT2D eigenvalue weighted by atomic mass is 16.6. The fourth-order valence-electron chi connectivity index (χ4n) is 7.00. The molecule has 0 unspecified atom stereocenters. The number of allylic oxidation sites excluding steroid dienone is 1. The molecule has 0 aliphatic heterocycles. The molecule has 0 bridgehead atoms. The summed E-state index contributed by atoms with van der Waals surface area (Å²) in [6.45, 7) is 3.93. The van der Waals surface area contributed by atoms with Gasteiger partial charge in [-0.3, -0.25) is 9.59 Å². The Morgan fingerprint density at radius 3 is 1.63 bits per heavy atom. The molecule has 0 spiro atoms. The maximum Gasteiger partial charge on any atom is 0.309 e. The van der Waals surface area contributed by atoms with Crippen LogP contribution < -0.4 is 0 Å². The van der Waals surface area contributed by atoms with Crippen LogP contribution in [0, 0.1) is 11.8 Å². The van der Waals surface area contributed by atoms with E-state index in [1.54, 1.807) is 18.2 Å². The van der Waals surface area contributed by atoms with E-state index in [4.69, 9.17) is 9.47 Å². The van der Waals surface area contributed by atoms with Crippen LogP contribution in [0.25, 0.3) is 0 Å². The lowest BCUT2D eigenvalue weighted by Gasteiger charge is -2.19. The van der Waals surface area contributed by atoms with Crippen LogP contribution in [0.15, 0.2) is 24.3 Å². The first-order chi connectivity index (χ1) is 24.8. The molecular formula is C43H78O8. The fourth-order valence-corrected chi connectivity index (χ4v) is 7.00. The Morgan fingerprint density at radius 1 is 0.627 bits per heavy atom. The summed E-state index contributed by atoms with van der Waals surface area (Å²) in [7, 11) is 0. The number of ether oxygens (including phenoxy) is 2. The van der Waals surface area contributed by atoms with Crippen molar-refractivity contribution in [2.24, 2.45) is 11.8 Å². The van der Waals surface area contributed by atoms with Crippen molar-refractivity contribution < 1.29 is 39.5 Å². The van der Waals surface area contributed by atoms with Gasteiger partial charge in [0.15, 0.2) is 0 Å². The molecule has 0 aromatic carbocycles. The molecule has 1 fully saturated rings. The topological polar surface area (TPSA) is 134 Å². The second-order valence-electron chi connectivity index (χ2n) is 15.1. The number of aliphatic hydroxyl groups excluding tert-OH is 4. The van der Waals surface area contributed by atoms with Gasteiger partial charge in [0.2, 0.25) is 0 Å². The van der Waals surface area contributed by atoms with E-state index in [0.717, 1.165) is 38.5 Å². The Kier molecular flexibility index (Phi) is 30.5. The summed E-state index contributed by atoms with van der Waals surface area (Å²) in [5, 5.41) is 41.1. The van der Waals surface area contributed by atoms with Crippen LogP contribution in [-0.4, -0.2) is 70.0 Å². The van der Waals surface area contributed by atoms with Gasteiger partial charge in [-0.2, -0.15) is 0 Å². The van der Waals surface area contributed by atoms with Crippen LogP contribution in [0.3, 0.4) is 0 Å².